The van der Waals surface area contributed by atoms with Crippen LogP contribution >= 0.6 is 0 Å². The van der Waals surface area contributed by atoms with Crippen molar-refractivity contribution in [3.8, 4) is 22.6 Å². The van der Waals surface area contributed by atoms with Crippen LogP contribution in [-0.2, 0) is 26.5 Å². The number of rotatable bonds is 1. The Morgan fingerprint density at radius 2 is 1.97 bits per heavy atom. The molecule has 158 valence electrons. The van der Waals surface area contributed by atoms with Crippen LogP contribution in [0.5, 0.6) is 5.75 Å². The van der Waals surface area contributed by atoms with Crippen molar-refractivity contribution in [3.63, 3.8) is 0 Å². The molecule has 1 aliphatic rings. The predicted molar refractivity (Wildman–Crippen MR) is 120 cm³/mol. The summed E-state index contributed by atoms with van der Waals surface area (Å²) < 4.78 is 10.2. The molecule has 1 aliphatic heterocycles. The molecule has 5 rings (SSSR count). The Labute approximate surface area is 181 Å². The number of aryl methyl sites for hydroxylation is 4. The van der Waals surface area contributed by atoms with Crippen LogP contribution in [0, 0.1) is 13.8 Å². The minimum Gasteiger partial charge on any atom is -0.485 e. The highest BCUT2D eigenvalue weighted by molar-refractivity contribution is 5.72. The van der Waals surface area contributed by atoms with Crippen LogP contribution < -0.4 is 10.5 Å². The van der Waals surface area contributed by atoms with Crippen molar-refractivity contribution in [1.82, 2.24) is 24.5 Å². The third-order valence-electron chi connectivity index (χ3n) is 5.84. The van der Waals surface area contributed by atoms with Gasteiger partial charge >= 0.3 is 0 Å². The van der Waals surface area contributed by atoms with Crippen molar-refractivity contribution in [1.29, 1.82) is 0 Å². The molecule has 0 saturated carbocycles. The Hall–Kier alpha value is -3.61. The number of nitrogens with zero attached hydrogens (tertiary/aromatic N) is 5. The lowest BCUT2D eigenvalue weighted by molar-refractivity contribution is 0.306. The van der Waals surface area contributed by atoms with Crippen LogP contribution in [-0.4, -0.2) is 24.5 Å². The van der Waals surface area contributed by atoms with Gasteiger partial charge in [-0.3, -0.25) is 4.68 Å². The number of pyridine rings is 1. The first-order chi connectivity index (χ1) is 14.9. The number of hydrogen-bond acceptors (Lipinski definition) is 5. The second kappa shape index (κ2) is 7.27. The number of anilines is 1. The largest absolute Gasteiger partial charge is 0.485 e. The molecule has 0 fully saturated rings. The highest BCUT2D eigenvalue weighted by Gasteiger charge is 2.22. The zero-order chi connectivity index (χ0) is 21.7. The van der Waals surface area contributed by atoms with Crippen molar-refractivity contribution in [2.45, 2.75) is 40.2 Å². The summed E-state index contributed by atoms with van der Waals surface area (Å²) in [5.74, 6) is 0.966. The molecule has 0 radical (unpaired) electrons. The third kappa shape index (κ3) is 3.26. The maximum atomic E-state index is 6.19. The molecule has 4 heterocycles. The lowest BCUT2D eigenvalue weighted by Gasteiger charge is -2.17. The number of nitrogens with two attached hydrogens (primary N) is 1. The zero-order valence-electron chi connectivity index (χ0n) is 18.3. The molecule has 0 atom stereocenters. The van der Waals surface area contributed by atoms with Crippen molar-refractivity contribution < 1.29 is 4.74 Å². The van der Waals surface area contributed by atoms with Gasteiger partial charge in [-0.1, -0.05) is 24.6 Å². The topological polar surface area (TPSA) is 83.8 Å². The Balaban J connectivity index is 1.81. The number of benzene rings is 1. The van der Waals surface area contributed by atoms with Gasteiger partial charge in [-0.05, 0) is 38.5 Å². The van der Waals surface area contributed by atoms with E-state index in [0.29, 0.717) is 24.6 Å². The first kappa shape index (κ1) is 19.4. The van der Waals surface area contributed by atoms with E-state index in [-0.39, 0.29) is 0 Å². The average Bonchev–Trinajstić information content (AvgIpc) is 3.26. The Morgan fingerprint density at radius 3 is 2.77 bits per heavy atom. The van der Waals surface area contributed by atoms with Crippen molar-refractivity contribution in [2.75, 3.05) is 5.73 Å². The van der Waals surface area contributed by atoms with Gasteiger partial charge in [-0.2, -0.15) is 10.2 Å². The van der Waals surface area contributed by atoms with Crippen LogP contribution in [0.25, 0.3) is 16.8 Å². The maximum absolute atomic E-state index is 6.19. The molecule has 0 spiro atoms. The molecular formula is C24H26N6O. The van der Waals surface area contributed by atoms with Crippen molar-refractivity contribution in [3.05, 3.63) is 70.4 Å². The zero-order valence-corrected chi connectivity index (χ0v) is 18.3. The van der Waals surface area contributed by atoms with Gasteiger partial charge in [0.1, 0.15) is 6.61 Å². The quantitative estimate of drug-likeness (QED) is 0.510. The summed E-state index contributed by atoms with van der Waals surface area (Å²) in [6.07, 6.45) is 3.34. The van der Waals surface area contributed by atoms with E-state index < -0.39 is 0 Å². The van der Waals surface area contributed by atoms with Crippen molar-refractivity contribution >= 4 is 5.82 Å². The molecule has 2 N–H and O–H groups in total. The first-order valence-corrected chi connectivity index (χ1v) is 10.5. The molecule has 0 amide bonds. The fraction of sp³-hybridized carbons (Fsp3) is 0.292. The minimum absolute atomic E-state index is 0.380. The molecular weight excluding hydrogens is 388 g/mol. The van der Waals surface area contributed by atoms with Crippen LogP contribution in [0.15, 0.2) is 36.5 Å². The summed E-state index contributed by atoms with van der Waals surface area (Å²) in [4.78, 5) is 4.43. The van der Waals surface area contributed by atoms with Gasteiger partial charge in [-0.15, -0.1) is 0 Å². The van der Waals surface area contributed by atoms with E-state index in [1.54, 1.807) is 0 Å². The first-order valence-electron chi connectivity index (χ1n) is 10.5. The average molecular weight is 415 g/mol. The van der Waals surface area contributed by atoms with Gasteiger partial charge in [-0.25, -0.2) is 9.67 Å². The van der Waals surface area contributed by atoms with Gasteiger partial charge < -0.3 is 10.5 Å². The summed E-state index contributed by atoms with van der Waals surface area (Å²) in [6.45, 7) is 6.60. The Bertz CT molecular complexity index is 1300. The molecule has 7 nitrogen and oxygen atoms in total. The van der Waals surface area contributed by atoms with E-state index in [2.05, 4.69) is 43.1 Å². The van der Waals surface area contributed by atoms with Crippen LogP contribution in [0.3, 0.4) is 0 Å². The summed E-state index contributed by atoms with van der Waals surface area (Å²) in [7, 11) is 2.00. The number of ether oxygens (including phenoxy) is 1. The van der Waals surface area contributed by atoms with Gasteiger partial charge in [0.2, 0.25) is 0 Å². The van der Waals surface area contributed by atoms with E-state index in [9.17, 15) is 0 Å². The lowest BCUT2D eigenvalue weighted by atomic mass is 10.00. The number of fused-ring (bicyclic) bond motifs is 7. The summed E-state index contributed by atoms with van der Waals surface area (Å²) in [5, 5.41) is 9.62. The summed E-state index contributed by atoms with van der Waals surface area (Å²) >= 11 is 0. The molecule has 1 aromatic carbocycles. The SMILES string of the molecule is CCc1nn(C)c2c1-c1cnc(N)c(c1)OCc1cc(C)ccc1-n1nc(C)cc1C2. The Kier molecular flexibility index (Phi) is 4.54. The van der Waals surface area contributed by atoms with Crippen LogP contribution in [0.4, 0.5) is 5.82 Å². The predicted octanol–water partition coefficient (Wildman–Crippen LogP) is 3.91. The lowest BCUT2D eigenvalue weighted by Crippen LogP contribution is -2.11. The molecule has 4 aromatic rings. The number of hydrogen-bond donors (Lipinski definition) is 1. The van der Waals surface area contributed by atoms with E-state index in [1.807, 2.05) is 35.6 Å². The molecule has 0 unspecified atom stereocenters. The Morgan fingerprint density at radius 1 is 1.13 bits per heavy atom. The molecule has 2 bridgehead atoms. The molecule has 7 heteroatoms. The van der Waals surface area contributed by atoms with Gasteiger partial charge in [0.25, 0.3) is 0 Å². The molecule has 31 heavy (non-hydrogen) atoms. The van der Waals surface area contributed by atoms with E-state index >= 15 is 0 Å². The molecule has 3 aromatic heterocycles. The molecule has 0 saturated heterocycles. The van der Waals surface area contributed by atoms with Crippen molar-refractivity contribution in [2.24, 2.45) is 7.05 Å². The number of nitrogen functional groups attached to an aromatic ring is 1. The monoisotopic (exact) mass is 414 g/mol. The van der Waals surface area contributed by atoms with E-state index in [4.69, 9.17) is 20.7 Å². The fourth-order valence-electron chi connectivity index (χ4n) is 4.36. The van der Waals surface area contributed by atoms with E-state index in [1.165, 1.54) is 5.56 Å². The van der Waals surface area contributed by atoms with E-state index in [0.717, 1.165) is 51.6 Å². The van der Waals surface area contributed by atoms with Crippen LogP contribution in [0.1, 0.15) is 40.8 Å². The third-order valence-corrected chi connectivity index (χ3v) is 5.84. The fourth-order valence-corrected chi connectivity index (χ4v) is 4.36. The molecule has 0 aliphatic carbocycles. The second-order valence-electron chi connectivity index (χ2n) is 8.14. The maximum Gasteiger partial charge on any atom is 0.166 e. The summed E-state index contributed by atoms with van der Waals surface area (Å²) in [5.41, 5.74) is 15.7. The highest BCUT2D eigenvalue weighted by Crippen LogP contribution is 2.35. The number of aromatic nitrogens is 5. The van der Waals surface area contributed by atoms with Gasteiger partial charge in [0.15, 0.2) is 11.6 Å². The highest BCUT2D eigenvalue weighted by atomic mass is 16.5. The smallest absolute Gasteiger partial charge is 0.166 e. The second-order valence-corrected chi connectivity index (χ2v) is 8.14. The van der Waals surface area contributed by atoms with Gasteiger partial charge in [0.05, 0.1) is 28.5 Å². The van der Waals surface area contributed by atoms with Crippen LogP contribution in [0.2, 0.25) is 0 Å². The summed E-state index contributed by atoms with van der Waals surface area (Å²) in [6, 6.07) is 10.5. The van der Waals surface area contributed by atoms with Gasteiger partial charge in [0, 0.05) is 36.4 Å². The standard InChI is InChI=1S/C24H26N6O/c1-5-19-23-16-10-22(24(25)26-12-16)31-13-17-8-14(2)6-7-20(17)30-18(9-15(3)27-30)11-21(23)29(4)28-19/h6-10,12H,5,11,13H2,1-4H3,(H2,25,26). The normalized spacial score (nSPS) is 12.8. The minimum atomic E-state index is 0.380.